The Hall–Kier alpha value is -0.410. The summed E-state index contributed by atoms with van der Waals surface area (Å²) in [7, 11) is 1.86. The van der Waals surface area contributed by atoms with Crippen molar-refractivity contribution < 1.29 is 14.6 Å². The number of hydrogen-bond acceptors (Lipinski definition) is 3. The molecule has 3 heteroatoms. The molecule has 0 bridgehead atoms. The van der Waals surface area contributed by atoms with Gasteiger partial charge in [0.1, 0.15) is 5.78 Å². The molecule has 0 saturated heterocycles. The molecule has 0 amide bonds. The maximum Gasteiger partial charge on any atom is 0.133 e. The van der Waals surface area contributed by atoms with E-state index in [0.29, 0.717) is 17.6 Å². The third-order valence-corrected chi connectivity index (χ3v) is 9.56. The largest absolute Gasteiger partial charge is 0.390 e. The number of aliphatic hydroxyl groups is 1. The first-order chi connectivity index (χ1) is 12.2. The lowest BCUT2D eigenvalue weighted by Crippen LogP contribution is -2.58. The van der Waals surface area contributed by atoms with E-state index in [1.165, 1.54) is 32.1 Å². The Morgan fingerprint density at radius 2 is 1.81 bits per heavy atom. The molecule has 4 aliphatic carbocycles. The first kappa shape index (κ1) is 18.9. The summed E-state index contributed by atoms with van der Waals surface area (Å²) in [6.45, 7) is 7.13. The van der Waals surface area contributed by atoms with Crippen LogP contribution in [0, 0.1) is 40.4 Å². The summed E-state index contributed by atoms with van der Waals surface area (Å²) in [4.78, 5) is 12.3. The zero-order chi connectivity index (χ0) is 18.7. The van der Waals surface area contributed by atoms with E-state index >= 15 is 0 Å². The van der Waals surface area contributed by atoms with E-state index in [0.717, 1.165) is 44.1 Å². The van der Waals surface area contributed by atoms with E-state index in [2.05, 4.69) is 6.92 Å². The van der Waals surface area contributed by atoms with Gasteiger partial charge in [0.2, 0.25) is 0 Å². The summed E-state index contributed by atoms with van der Waals surface area (Å²) in [5.41, 5.74) is -0.00514. The van der Waals surface area contributed by atoms with Gasteiger partial charge in [-0.15, -0.1) is 0 Å². The van der Waals surface area contributed by atoms with Gasteiger partial charge in [-0.3, -0.25) is 4.79 Å². The molecule has 1 N–H and O–H groups in total. The van der Waals surface area contributed by atoms with Gasteiger partial charge in [0.25, 0.3) is 0 Å². The molecule has 0 aliphatic heterocycles. The van der Waals surface area contributed by atoms with Gasteiger partial charge >= 0.3 is 0 Å². The van der Waals surface area contributed by atoms with Crippen LogP contribution >= 0.6 is 0 Å². The molecule has 0 radical (unpaired) electrons. The predicted octanol–water partition coefficient (Wildman–Crippen LogP) is 4.61. The number of methoxy groups -OCH3 is 1. The van der Waals surface area contributed by atoms with Crippen molar-refractivity contribution in [2.24, 2.45) is 40.4 Å². The quantitative estimate of drug-likeness (QED) is 0.797. The summed E-state index contributed by atoms with van der Waals surface area (Å²) < 4.78 is 5.82. The van der Waals surface area contributed by atoms with E-state index in [4.69, 9.17) is 4.74 Å². The highest BCUT2D eigenvalue weighted by Crippen LogP contribution is 2.68. The van der Waals surface area contributed by atoms with Crippen LogP contribution < -0.4 is 0 Å². The van der Waals surface area contributed by atoms with Gasteiger partial charge in [0.15, 0.2) is 0 Å². The zero-order valence-corrected chi connectivity index (χ0v) is 17.2. The van der Waals surface area contributed by atoms with E-state index in [1.807, 2.05) is 21.0 Å². The van der Waals surface area contributed by atoms with E-state index < -0.39 is 5.60 Å². The lowest BCUT2D eigenvalue weighted by Gasteiger charge is -2.62. The summed E-state index contributed by atoms with van der Waals surface area (Å²) in [5.74, 6) is 3.50. The minimum atomic E-state index is -0.495. The van der Waals surface area contributed by atoms with Crippen LogP contribution in [0.4, 0.5) is 0 Å². The topological polar surface area (TPSA) is 46.5 Å². The second kappa shape index (κ2) is 6.30. The molecule has 4 saturated carbocycles. The fourth-order valence-corrected chi connectivity index (χ4v) is 8.45. The number of hydrogen-bond donors (Lipinski definition) is 1. The molecule has 4 rings (SSSR count). The summed E-state index contributed by atoms with van der Waals surface area (Å²) in [5, 5.41) is 10.7. The maximum absolute atomic E-state index is 12.3. The van der Waals surface area contributed by atoms with Crippen LogP contribution in [0.3, 0.4) is 0 Å². The van der Waals surface area contributed by atoms with Gasteiger partial charge in [0.05, 0.1) is 12.2 Å². The number of rotatable bonds is 3. The molecule has 4 fully saturated rings. The van der Waals surface area contributed by atoms with Crippen LogP contribution in [0.5, 0.6) is 0 Å². The normalized spacial score (nSPS) is 53.5. The third-order valence-electron chi connectivity index (χ3n) is 9.56. The first-order valence-corrected chi connectivity index (χ1v) is 11.0. The van der Waals surface area contributed by atoms with Gasteiger partial charge in [-0.2, -0.15) is 0 Å². The zero-order valence-electron chi connectivity index (χ0n) is 17.2. The lowest BCUT2D eigenvalue weighted by atomic mass is 9.43. The van der Waals surface area contributed by atoms with Crippen molar-refractivity contribution in [3.8, 4) is 0 Å². The Bertz CT molecular complexity index is 570. The average molecular weight is 363 g/mol. The molecule has 26 heavy (non-hydrogen) atoms. The first-order valence-electron chi connectivity index (χ1n) is 11.0. The minimum Gasteiger partial charge on any atom is -0.390 e. The van der Waals surface area contributed by atoms with Crippen LogP contribution in [0.15, 0.2) is 0 Å². The van der Waals surface area contributed by atoms with Gasteiger partial charge < -0.3 is 9.84 Å². The van der Waals surface area contributed by atoms with Gasteiger partial charge in [-0.1, -0.05) is 6.92 Å². The third kappa shape index (κ3) is 2.64. The van der Waals surface area contributed by atoms with Crippen LogP contribution in [0.25, 0.3) is 0 Å². The molecular formula is C23H38O3. The maximum atomic E-state index is 12.3. The van der Waals surface area contributed by atoms with Crippen molar-refractivity contribution >= 4 is 5.78 Å². The van der Waals surface area contributed by atoms with E-state index in [9.17, 15) is 9.90 Å². The molecule has 3 nitrogen and oxygen atoms in total. The molecule has 0 spiro atoms. The highest BCUT2D eigenvalue weighted by Gasteiger charge is 2.62. The van der Waals surface area contributed by atoms with Crippen LogP contribution in [-0.2, 0) is 9.53 Å². The molecule has 4 aliphatic rings. The second-order valence-corrected chi connectivity index (χ2v) is 10.8. The molecule has 0 aromatic carbocycles. The fourth-order valence-electron chi connectivity index (χ4n) is 8.45. The number of Topliss-reactive ketones (excluding diaryl/α,β-unsaturated/α-hetero) is 1. The Morgan fingerprint density at radius 3 is 2.50 bits per heavy atom. The van der Waals surface area contributed by atoms with Crippen LogP contribution in [-0.4, -0.2) is 30.2 Å². The van der Waals surface area contributed by atoms with Crippen molar-refractivity contribution in [1.29, 1.82) is 0 Å². The smallest absolute Gasteiger partial charge is 0.133 e. The van der Waals surface area contributed by atoms with Crippen LogP contribution in [0.1, 0.15) is 78.6 Å². The molecule has 0 aromatic rings. The second-order valence-electron chi connectivity index (χ2n) is 10.8. The molecular weight excluding hydrogens is 324 g/mol. The van der Waals surface area contributed by atoms with Crippen molar-refractivity contribution in [3.05, 3.63) is 0 Å². The molecule has 0 aromatic heterocycles. The van der Waals surface area contributed by atoms with Gasteiger partial charge in [0, 0.05) is 13.0 Å². The monoisotopic (exact) mass is 362 g/mol. The fraction of sp³-hybridized carbons (Fsp3) is 0.957. The highest BCUT2D eigenvalue weighted by atomic mass is 16.5. The van der Waals surface area contributed by atoms with Crippen molar-refractivity contribution in [2.45, 2.75) is 84.2 Å². The van der Waals surface area contributed by atoms with E-state index in [-0.39, 0.29) is 16.7 Å². The van der Waals surface area contributed by atoms with Gasteiger partial charge in [-0.25, -0.2) is 0 Å². The van der Waals surface area contributed by atoms with Gasteiger partial charge in [-0.05, 0) is 106 Å². The molecule has 148 valence electrons. The Labute approximate surface area is 159 Å². The standard InChI is InChI=1S/C23H38O3/c1-15(24)18-7-8-19-17-6-5-16-13-21(2,25)11-12-23(16,14-26-4)20(17)9-10-22(18,19)3/h16-20,25H,5-14H2,1-4H3. The molecule has 8 unspecified atom stereocenters. The number of ether oxygens (including phenoxy) is 1. The number of carbonyl (C=O) groups excluding carboxylic acids is 1. The Morgan fingerprint density at radius 1 is 1.04 bits per heavy atom. The summed E-state index contributed by atoms with van der Waals surface area (Å²) in [6, 6.07) is 0. The SMILES string of the molecule is COCC12CCC(C)(O)CC1CCC1C3CCC(C(C)=O)C3(C)CCC12. The Balaban J connectivity index is 1.65. The molecule has 8 atom stereocenters. The number of fused-ring (bicyclic) bond motifs is 5. The molecule has 0 heterocycles. The number of carbonyl (C=O) groups is 1. The predicted molar refractivity (Wildman–Crippen MR) is 103 cm³/mol. The average Bonchev–Trinajstić information content (AvgIpc) is 2.92. The summed E-state index contributed by atoms with van der Waals surface area (Å²) in [6.07, 6.45) is 10.3. The summed E-state index contributed by atoms with van der Waals surface area (Å²) >= 11 is 0. The van der Waals surface area contributed by atoms with Crippen molar-refractivity contribution in [3.63, 3.8) is 0 Å². The highest BCUT2D eigenvalue weighted by molar-refractivity contribution is 5.79. The number of ketones is 1. The van der Waals surface area contributed by atoms with Crippen molar-refractivity contribution in [2.75, 3.05) is 13.7 Å². The van der Waals surface area contributed by atoms with Crippen LogP contribution in [0.2, 0.25) is 0 Å². The Kier molecular flexibility index (Phi) is 4.59. The lowest BCUT2D eigenvalue weighted by molar-refractivity contribution is -0.175. The van der Waals surface area contributed by atoms with E-state index in [1.54, 1.807) is 0 Å². The van der Waals surface area contributed by atoms with Crippen molar-refractivity contribution in [1.82, 2.24) is 0 Å². The minimum absolute atomic E-state index is 0.230.